The Morgan fingerprint density at radius 3 is 1.13 bits per heavy atom. The molecule has 0 aromatic heterocycles. The Labute approximate surface area is 269 Å². The third-order valence-corrected chi connectivity index (χ3v) is 8.07. The van der Waals surface area contributed by atoms with E-state index in [1.807, 2.05) is 12.1 Å². The van der Waals surface area contributed by atoms with Gasteiger partial charge in [0.15, 0.2) is 0 Å². The van der Waals surface area contributed by atoms with Crippen molar-refractivity contribution in [2.45, 2.75) is 31.8 Å². The van der Waals surface area contributed by atoms with Gasteiger partial charge in [-0.25, -0.2) is 9.59 Å². The number of nitriles is 1. The summed E-state index contributed by atoms with van der Waals surface area (Å²) >= 11 is 0. The van der Waals surface area contributed by atoms with E-state index in [1.54, 1.807) is 54.6 Å². The van der Waals surface area contributed by atoms with Crippen molar-refractivity contribution >= 4 is 46.3 Å². The first-order chi connectivity index (χ1) is 22.7. The molecule has 236 valence electrons. The Bertz CT molecular complexity index is 1760. The van der Waals surface area contributed by atoms with Crippen molar-refractivity contribution in [2.75, 3.05) is 14.2 Å². The highest BCUT2D eigenvalue weighted by Gasteiger charge is 2.46. The number of methoxy groups -OCH3 is 2. The molecule has 0 fully saturated rings. The molecule has 11 heteroatoms. The van der Waals surface area contributed by atoms with Gasteiger partial charge < -0.3 is 9.47 Å². The zero-order valence-corrected chi connectivity index (χ0v) is 25.8. The van der Waals surface area contributed by atoms with E-state index in [4.69, 9.17) is 14.7 Å². The molecule has 11 nitrogen and oxygen atoms in total. The molecule has 0 bridgehead atoms. The van der Waals surface area contributed by atoms with Crippen molar-refractivity contribution in [3.63, 3.8) is 0 Å². The molecular weight excluding hydrogens is 602 g/mol. The number of hydrogen-bond acceptors (Lipinski definition) is 9. The number of esters is 2. The van der Waals surface area contributed by atoms with Gasteiger partial charge >= 0.3 is 11.9 Å². The number of nitrogens with zero attached hydrogens (tertiary/aromatic N) is 3. The molecule has 0 spiro atoms. The van der Waals surface area contributed by atoms with E-state index in [2.05, 4.69) is 0 Å². The maximum atomic E-state index is 13.9. The first-order valence-corrected chi connectivity index (χ1v) is 14.6. The summed E-state index contributed by atoms with van der Waals surface area (Å²) in [5.74, 6) is -4.55. The van der Waals surface area contributed by atoms with Gasteiger partial charge in [-0.05, 0) is 35.4 Å². The fourth-order valence-electron chi connectivity index (χ4n) is 5.98. The van der Waals surface area contributed by atoms with Gasteiger partial charge in [0.1, 0.15) is 12.1 Å². The van der Waals surface area contributed by atoms with Crippen LogP contribution in [0.5, 0.6) is 0 Å². The summed E-state index contributed by atoms with van der Waals surface area (Å²) in [5.41, 5.74) is 1.67. The molecule has 4 aromatic carbocycles. The van der Waals surface area contributed by atoms with Crippen LogP contribution >= 0.6 is 0 Å². The van der Waals surface area contributed by atoms with Crippen LogP contribution in [0.25, 0.3) is 10.8 Å². The first kappa shape index (κ1) is 32.2. The summed E-state index contributed by atoms with van der Waals surface area (Å²) in [7, 11) is 2.36. The number of carbonyl (C=O) groups is 6. The Balaban J connectivity index is 0.00000139. The average molecular weight is 632 g/mol. The molecular formula is C36H29N3O8. The third-order valence-electron chi connectivity index (χ3n) is 8.07. The minimum Gasteiger partial charge on any atom is -0.467 e. The van der Waals surface area contributed by atoms with E-state index in [9.17, 15) is 28.8 Å². The lowest BCUT2D eigenvalue weighted by Gasteiger charge is -2.36. The summed E-state index contributed by atoms with van der Waals surface area (Å²) in [6.07, 6.45) is 0.0593. The third kappa shape index (κ3) is 5.73. The van der Waals surface area contributed by atoms with Crippen LogP contribution in [-0.2, 0) is 31.9 Å². The van der Waals surface area contributed by atoms with Crippen molar-refractivity contribution in [1.82, 2.24) is 9.80 Å². The van der Waals surface area contributed by atoms with Crippen molar-refractivity contribution in [3.05, 3.63) is 118 Å². The van der Waals surface area contributed by atoms with Crippen LogP contribution in [0.3, 0.4) is 0 Å². The molecule has 2 aliphatic heterocycles. The SMILES string of the molecule is CC#N.COC(=O)[C@H](Cc1ccccc1)N1C(=O)c2ccc3c4c(ccc(c24)C1=O)C(=O)N([C@@H](Cc1ccccc1)C(=O)OC)C3=O. The predicted octanol–water partition coefficient (Wildman–Crippen LogP) is 4.13. The fourth-order valence-corrected chi connectivity index (χ4v) is 5.98. The highest BCUT2D eigenvalue weighted by molar-refractivity contribution is 6.34. The number of hydrogen-bond donors (Lipinski definition) is 0. The number of carbonyl (C=O) groups excluding carboxylic acids is 6. The molecule has 0 N–H and O–H groups in total. The second-order valence-corrected chi connectivity index (χ2v) is 10.7. The van der Waals surface area contributed by atoms with Crippen LogP contribution in [0, 0.1) is 11.3 Å². The van der Waals surface area contributed by atoms with Crippen molar-refractivity contribution in [1.29, 1.82) is 5.26 Å². The summed E-state index contributed by atoms with van der Waals surface area (Å²) in [6, 6.07) is 22.7. The first-order valence-electron chi connectivity index (χ1n) is 14.6. The molecule has 0 saturated carbocycles. The summed E-state index contributed by atoms with van der Waals surface area (Å²) in [6.45, 7) is 1.43. The van der Waals surface area contributed by atoms with Gasteiger partial charge in [0.25, 0.3) is 23.6 Å². The largest absolute Gasteiger partial charge is 0.467 e. The molecule has 4 amide bonds. The number of benzene rings is 4. The van der Waals surface area contributed by atoms with Crippen LogP contribution in [-0.4, -0.2) is 71.7 Å². The van der Waals surface area contributed by atoms with Crippen molar-refractivity contribution in [2.24, 2.45) is 0 Å². The fraction of sp³-hybridized carbons (Fsp3) is 0.194. The lowest BCUT2D eigenvalue weighted by atomic mass is 9.84. The highest BCUT2D eigenvalue weighted by Crippen LogP contribution is 2.39. The van der Waals surface area contributed by atoms with E-state index in [0.29, 0.717) is 11.1 Å². The van der Waals surface area contributed by atoms with Crippen LogP contribution in [0.4, 0.5) is 0 Å². The lowest BCUT2D eigenvalue weighted by molar-refractivity contribution is -0.146. The van der Waals surface area contributed by atoms with Crippen LogP contribution in [0.2, 0.25) is 0 Å². The average Bonchev–Trinajstić information content (AvgIpc) is 3.09. The monoisotopic (exact) mass is 631 g/mol. The molecule has 6 rings (SSSR count). The minimum absolute atomic E-state index is 0.0297. The smallest absolute Gasteiger partial charge is 0.329 e. The van der Waals surface area contributed by atoms with Gasteiger partial charge in [-0.3, -0.25) is 29.0 Å². The predicted molar refractivity (Wildman–Crippen MR) is 168 cm³/mol. The lowest BCUT2D eigenvalue weighted by Crippen LogP contribution is -2.53. The van der Waals surface area contributed by atoms with E-state index < -0.39 is 47.7 Å². The Morgan fingerprint density at radius 2 is 0.872 bits per heavy atom. The van der Waals surface area contributed by atoms with E-state index in [-0.39, 0.29) is 45.9 Å². The Hall–Kier alpha value is -6.15. The maximum Gasteiger partial charge on any atom is 0.329 e. The van der Waals surface area contributed by atoms with Crippen molar-refractivity contribution in [3.8, 4) is 6.07 Å². The molecule has 47 heavy (non-hydrogen) atoms. The molecule has 2 aliphatic rings. The van der Waals surface area contributed by atoms with E-state index in [0.717, 1.165) is 9.80 Å². The Kier molecular flexibility index (Phi) is 9.23. The standard InChI is InChI=1S/C34H26N2O8.C2H3N/c1-43-33(41)25(17-19-9-5-3-6-10-19)35-29(37)21-13-15-23-28-24(16-14-22(27(21)28)30(35)38)32(40)36(31(23)39)26(34(42)44-2)18-20-11-7-4-8-12-20;1-2-3/h3-16,25-26H,17-18H2,1-2H3;1H3/t25-,26-;/m0./s1. The van der Waals surface area contributed by atoms with E-state index in [1.165, 1.54) is 45.4 Å². The summed E-state index contributed by atoms with van der Waals surface area (Å²) < 4.78 is 9.95. The summed E-state index contributed by atoms with van der Waals surface area (Å²) in [5, 5.41) is 7.61. The van der Waals surface area contributed by atoms with Gasteiger partial charge in [-0.1, -0.05) is 60.7 Å². The molecule has 2 heterocycles. The van der Waals surface area contributed by atoms with Gasteiger partial charge in [0.05, 0.1) is 20.3 Å². The highest BCUT2D eigenvalue weighted by atomic mass is 16.5. The van der Waals surface area contributed by atoms with Crippen molar-refractivity contribution < 1.29 is 38.2 Å². The topological polar surface area (TPSA) is 151 Å². The second kappa shape index (κ2) is 13.5. The van der Waals surface area contributed by atoms with Crippen LogP contribution < -0.4 is 0 Å². The maximum absolute atomic E-state index is 13.9. The van der Waals surface area contributed by atoms with Crippen LogP contribution in [0.1, 0.15) is 59.5 Å². The van der Waals surface area contributed by atoms with Gasteiger partial charge in [0.2, 0.25) is 0 Å². The number of rotatable bonds is 8. The Morgan fingerprint density at radius 1 is 0.596 bits per heavy atom. The quantitative estimate of drug-likeness (QED) is 0.207. The number of imide groups is 2. The number of ether oxygens (including phenoxy) is 2. The molecule has 0 unspecified atom stereocenters. The zero-order valence-electron chi connectivity index (χ0n) is 25.8. The van der Waals surface area contributed by atoms with Gasteiger partial charge in [-0.15, -0.1) is 0 Å². The minimum atomic E-state index is -1.25. The summed E-state index contributed by atoms with van der Waals surface area (Å²) in [4.78, 5) is 83.3. The molecule has 2 atom stereocenters. The number of amides is 4. The van der Waals surface area contributed by atoms with Gasteiger partial charge in [0, 0.05) is 52.8 Å². The molecule has 0 saturated heterocycles. The molecule has 0 radical (unpaired) electrons. The normalized spacial score (nSPS) is 14.5. The van der Waals surface area contributed by atoms with Gasteiger partial charge in [-0.2, -0.15) is 5.26 Å². The van der Waals surface area contributed by atoms with Crippen LogP contribution in [0.15, 0.2) is 84.9 Å². The second-order valence-electron chi connectivity index (χ2n) is 10.7. The van der Waals surface area contributed by atoms with E-state index >= 15 is 0 Å². The zero-order chi connectivity index (χ0) is 33.8. The molecule has 4 aromatic rings. The molecule has 0 aliphatic carbocycles.